The summed E-state index contributed by atoms with van der Waals surface area (Å²) in [5.41, 5.74) is 1.09. The van der Waals surface area contributed by atoms with Gasteiger partial charge in [0.25, 0.3) is 5.91 Å². The number of likely N-dealkylation sites (N-methyl/N-ethyl adjacent to an activating group) is 1. The van der Waals surface area contributed by atoms with E-state index in [1.165, 1.54) is 12.1 Å². The highest BCUT2D eigenvalue weighted by Gasteiger charge is 2.29. The van der Waals surface area contributed by atoms with Gasteiger partial charge in [-0.25, -0.2) is 0 Å². The molecule has 0 aromatic heterocycles. The molecule has 176 valence electrons. The van der Waals surface area contributed by atoms with Gasteiger partial charge in [0.1, 0.15) is 5.75 Å². The summed E-state index contributed by atoms with van der Waals surface area (Å²) in [5, 5.41) is 8.97. The first-order valence-corrected chi connectivity index (χ1v) is 9.91. The molecule has 1 amide bonds. The Bertz CT molecular complexity index is 874. The van der Waals surface area contributed by atoms with Gasteiger partial charge in [-0.15, -0.1) is 24.0 Å². The Balaban J connectivity index is 0.00000512. The van der Waals surface area contributed by atoms with Crippen LogP contribution in [0.25, 0.3) is 0 Å². The van der Waals surface area contributed by atoms with Crippen LogP contribution in [0.1, 0.15) is 23.6 Å². The molecule has 2 rings (SSSR count). The summed E-state index contributed by atoms with van der Waals surface area (Å²) >= 11 is 0. The highest BCUT2D eigenvalue weighted by molar-refractivity contribution is 14.0. The Morgan fingerprint density at radius 1 is 1.03 bits per heavy atom. The summed E-state index contributed by atoms with van der Waals surface area (Å²) in [6.45, 7) is 3.35. The second-order valence-electron chi connectivity index (χ2n) is 6.69. The number of rotatable bonds is 9. The van der Waals surface area contributed by atoms with Crippen molar-refractivity contribution in [2.24, 2.45) is 4.99 Å². The van der Waals surface area contributed by atoms with Crippen LogP contribution in [0, 0.1) is 0 Å². The summed E-state index contributed by atoms with van der Waals surface area (Å²) in [6, 6.07) is 12.5. The maximum absolute atomic E-state index is 12.6. The highest BCUT2D eigenvalue weighted by Crippen LogP contribution is 2.29. The molecule has 0 aliphatic rings. The number of amides is 1. The number of hydrogen-bond donors (Lipinski definition) is 3. The second-order valence-corrected chi connectivity index (χ2v) is 6.69. The van der Waals surface area contributed by atoms with Crippen LogP contribution in [0.3, 0.4) is 0 Å². The predicted molar refractivity (Wildman–Crippen MR) is 129 cm³/mol. The van der Waals surface area contributed by atoms with Crippen molar-refractivity contribution in [3.8, 4) is 5.75 Å². The number of halogens is 4. The minimum Gasteiger partial charge on any atom is -0.484 e. The SMILES string of the molecule is CCNC(=O)COc1cccc(CNC(=NC)NCCc2ccc(C(F)(F)F)cc2)c1.I. The number of alkyl halides is 3. The number of hydrogen-bond acceptors (Lipinski definition) is 3. The van der Waals surface area contributed by atoms with Crippen molar-refractivity contribution in [3.63, 3.8) is 0 Å². The Kier molecular flexibility index (Phi) is 11.9. The molecule has 0 unspecified atom stereocenters. The van der Waals surface area contributed by atoms with Gasteiger partial charge in [-0.05, 0) is 48.7 Å². The number of nitrogens with zero attached hydrogens (tertiary/aromatic N) is 1. The van der Waals surface area contributed by atoms with E-state index in [2.05, 4.69) is 20.9 Å². The van der Waals surface area contributed by atoms with Crippen LogP contribution < -0.4 is 20.7 Å². The number of nitrogens with one attached hydrogen (secondary N) is 3. The van der Waals surface area contributed by atoms with Crippen molar-refractivity contribution in [1.82, 2.24) is 16.0 Å². The lowest BCUT2D eigenvalue weighted by atomic mass is 10.1. The zero-order valence-electron chi connectivity index (χ0n) is 18.0. The van der Waals surface area contributed by atoms with Crippen LogP contribution in [0.5, 0.6) is 5.75 Å². The van der Waals surface area contributed by atoms with Gasteiger partial charge < -0.3 is 20.7 Å². The van der Waals surface area contributed by atoms with Gasteiger partial charge in [-0.2, -0.15) is 13.2 Å². The predicted octanol–water partition coefficient (Wildman–Crippen LogP) is 3.75. The summed E-state index contributed by atoms with van der Waals surface area (Å²) in [7, 11) is 1.64. The summed E-state index contributed by atoms with van der Waals surface area (Å²) < 4.78 is 43.3. The van der Waals surface area contributed by atoms with Crippen molar-refractivity contribution in [2.75, 3.05) is 26.7 Å². The van der Waals surface area contributed by atoms with Crippen LogP contribution in [0.2, 0.25) is 0 Å². The van der Waals surface area contributed by atoms with Crippen LogP contribution in [0.15, 0.2) is 53.5 Å². The molecular formula is C22H28F3IN4O2. The fourth-order valence-corrected chi connectivity index (χ4v) is 2.73. The molecule has 10 heteroatoms. The molecule has 32 heavy (non-hydrogen) atoms. The number of ether oxygens (including phenoxy) is 1. The fourth-order valence-electron chi connectivity index (χ4n) is 2.73. The minimum atomic E-state index is -4.33. The molecule has 0 fully saturated rings. The van der Waals surface area contributed by atoms with Gasteiger partial charge in [0.2, 0.25) is 0 Å². The van der Waals surface area contributed by atoms with Gasteiger partial charge in [0.05, 0.1) is 5.56 Å². The van der Waals surface area contributed by atoms with Crippen molar-refractivity contribution in [1.29, 1.82) is 0 Å². The van der Waals surface area contributed by atoms with Crippen molar-refractivity contribution < 1.29 is 22.7 Å². The van der Waals surface area contributed by atoms with E-state index in [0.29, 0.717) is 37.8 Å². The van der Waals surface area contributed by atoms with E-state index in [9.17, 15) is 18.0 Å². The summed E-state index contributed by atoms with van der Waals surface area (Å²) in [6.07, 6.45) is -3.77. The number of guanidine groups is 1. The molecule has 0 heterocycles. The first-order chi connectivity index (χ1) is 14.8. The number of aliphatic imine (C=N–C) groups is 1. The molecule has 0 aliphatic carbocycles. The molecule has 0 atom stereocenters. The number of benzene rings is 2. The molecule has 2 aromatic rings. The quantitative estimate of drug-likeness (QED) is 0.247. The topological polar surface area (TPSA) is 74.8 Å². The average molecular weight is 564 g/mol. The Labute approximate surface area is 203 Å². The average Bonchev–Trinajstić information content (AvgIpc) is 2.75. The lowest BCUT2D eigenvalue weighted by Gasteiger charge is -2.13. The van der Waals surface area contributed by atoms with Crippen LogP contribution in [0.4, 0.5) is 13.2 Å². The molecular weight excluding hydrogens is 536 g/mol. The molecule has 0 spiro atoms. The van der Waals surface area contributed by atoms with Gasteiger partial charge in [0.15, 0.2) is 12.6 Å². The molecule has 2 aromatic carbocycles. The van der Waals surface area contributed by atoms with Gasteiger partial charge in [0, 0.05) is 26.7 Å². The van der Waals surface area contributed by atoms with E-state index >= 15 is 0 Å². The highest BCUT2D eigenvalue weighted by atomic mass is 127. The second kappa shape index (κ2) is 13.8. The third kappa shape index (κ3) is 9.75. The lowest BCUT2D eigenvalue weighted by Crippen LogP contribution is -2.37. The maximum atomic E-state index is 12.6. The molecule has 3 N–H and O–H groups in total. The Morgan fingerprint density at radius 2 is 1.75 bits per heavy atom. The van der Waals surface area contributed by atoms with E-state index in [0.717, 1.165) is 23.3 Å². The van der Waals surface area contributed by atoms with Crippen LogP contribution >= 0.6 is 24.0 Å². The lowest BCUT2D eigenvalue weighted by molar-refractivity contribution is -0.137. The van der Waals surface area contributed by atoms with Crippen molar-refractivity contribution >= 4 is 35.8 Å². The van der Waals surface area contributed by atoms with E-state index in [1.807, 2.05) is 25.1 Å². The molecule has 0 saturated heterocycles. The van der Waals surface area contributed by atoms with E-state index < -0.39 is 11.7 Å². The third-order valence-electron chi connectivity index (χ3n) is 4.31. The zero-order chi connectivity index (χ0) is 22.7. The smallest absolute Gasteiger partial charge is 0.416 e. The summed E-state index contributed by atoms with van der Waals surface area (Å²) in [5.74, 6) is 0.986. The number of carbonyl (C=O) groups is 1. The van der Waals surface area contributed by atoms with Crippen LogP contribution in [-0.4, -0.2) is 38.6 Å². The van der Waals surface area contributed by atoms with Crippen molar-refractivity contribution in [2.45, 2.75) is 26.1 Å². The molecule has 0 bridgehead atoms. The molecule has 0 aliphatic heterocycles. The normalized spacial score (nSPS) is 11.3. The van der Waals surface area contributed by atoms with Gasteiger partial charge in [-0.1, -0.05) is 24.3 Å². The minimum absolute atomic E-state index is 0. The first-order valence-electron chi connectivity index (χ1n) is 9.91. The summed E-state index contributed by atoms with van der Waals surface area (Å²) in [4.78, 5) is 15.6. The van der Waals surface area contributed by atoms with Crippen LogP contribution in [-0.2, 0) is 23.9 Å². The fraction of sp³-hybridized carbons (Fsp3) is 0.364. The third-order valence-corrected chi connectivity index (χ3v) is 4.31. The zero-order valence-corrected chi connectivity index (χ0v) is 20.3. The first kappa shape index (κ1) is 27.5. The van der Waals surface area contributed by atoms with E-state index in [1.54, 1.807) is 13.1 Å². The monoisotopic (exact) mass is 564 g/mol. The largest absolute Gasteiger partial charge is 0.484 e. The molecule has 0 saturated carbocycles. The molecule has 0 radical (unpaired) electrons. The van der Waals surface area contributed by atoms with Gasteiger partial charge >= 0.3 is 6.18 Å². The van der Waals surface area contributed by atoms with Crippen molar-refractivity contribution in [3.05, 3.63) is 65.2 Å². The van der Waals surface area contributed by atoms with Gasteiger partial charge in [-0.3, -0.25) is 9.79 Å². The molecule has 6 nitrogen and oxygen atoms in total. The maximum Gasteiger partial charge on any atom is 0.416 e. The Morgan fingerprint density at radius 3 is 2.38 bits per heavy atom. The van der Waals surface area contributed by atoms with E-state index in [-0.39, 0.29) is 36.5 Å². The van der Waals surface area contributed by atoms with E-state index in [4.69, 9.17) is 4.74 Å². The standard InChI is InChI=1S/C22H27F3N4O2.HI/c1-3-27-20(30)15-31-19-6-4-5-17(13-19)14-29-21(26-2)28-12-11-16-7-9-18(10-8-16)22(23,24)25;/h4-10,13H,3,11-12,14-15H2,1-2H3,(H,27,30)(H2,26,28,29);1H. The number of carbonyl (C=O) groups excluding carboxylic acids is 1. The Hall–Kier alpha value is -2.50.